The van der Waals surface area contributed by atoms with Crippen LogP contribution in [-0.4, -0.2) is 55.5 Å². The molecule has 7 heteroatoms. The molecule has 3 aliphatic rings. The number of rotatable bonds is 3. The van der Waals surface area contributed by atoms with Crippen LogP contribution in [0.3, 0.4) is 0 Å². The van der Waals surface area contributed by atoms with Crippen molar-refractivity contribution in [2.45, 2.75) is 64.5 Å². The lowest BCUT2D eigenvalue weighted by Gasteiger charge is -2.52. The SMILES string of the molecule is Cc1n[nH]c(C)c1CN1CCC2(CC1)c1nc[nH]c1CCN2C(=O)C1CCC1. The molecule has 0 aromatic carbocycles. The molecule has 2 aliphatic heterocycles. The molecule has 2 fully saturated rings. The van der Waals surface area contributed by atoms with E-state index in [1.807, 2.05) is 6.33 Å². The fraction of sp³-hybridized carbons (Fsp3) is 0.667. The summed E-state index contributed by atoms with van der Waals surface area (Å²) < 4.78 is 0. The number of aromatic amines is 2. The summed E-state index contributed by atoms with van der Waals surface area (Å²) in [6, 6.07) is 0. The minimum Gasteiger partial charge on any atom is -0.348 e. The molecule has 7 nitrogen and oxygen atoms in total. The van der Waals surface area contributed by atoms with Crippen LogP contribution in [0.1, 0.15) is 60.4 Å². The average Bonchev–Trinajstić information content (AvgIpc) is 3.25. The smallest absolute Gasteiger partial charge is 0.226 e. The summed E-state index contributed by atoms with van der Waals surface area (Å²) in [4.78, 5) is 26.0. The molecule has 1 saturated heterocycles. The molecular weight excluding hydrogens is 352 g/mol. The van der Waals surface area contributed by atoms with Gasteiger partial charge in [0.1, 0.15) is 0 Å². The van der Waals surface area contributed by atoms with Crippen molar-refractivity contribution in [1.29, 1.82) is 0 Å². The number of carbonyl (C=O) groups is 1. The van der Waals surface area contributed by atoms with E-state index < -0.39 is 0 Å². The molecule has 5 rings (SSSR count). The van der Waals surface area contributed by atoms with Crippen molar-refractivity contribution in [2.24, 2.45) is 5.92 Å². The van der Waals surface area contributed by atoms with E-state index in [9.17, 15) is 4.79 Å². The van der Waals surface area contributed by atoms with Crippen LogP contribution < -0.4 is 0 Å². The summed E-state index contributed by atoms with van der Waals surface area (Å²) in [5, 5.41) is 7.44. The summed E-state index contributed by atoms with van der Waals surface area (Å²) in [5.41, 5.74) is 5.69. The van der Waals surface area contributed by atoms with Gasteiger partial charge in [0, 0.05) is 55.5 Å². The van der Waals surface area contributed by atoms with E-state index in [2.05, 4.69) is 38.8 Å². The van der Waals surface area contributed by atoms with E-state index in [-0.39, 0.29) is 11.5 Å². The molecule has 150 valence electrons. The first kappa shape index (κ1) is 17.9. The Hall–Kier alpha value is -2.15. The molecule has 0 atom stereocenters. The number of amides is 1. The molecule has 0 bridgehead atoms. The lowest BCUT2D eigenvalue weighted by atomic mass is 9.76. The molecule has 1 saturated carbocycles. The maximum Gasteiger partial charge on any atom is 0.226 e. The summed E-state index contributed by atoms with van der Waals surface area (Å²) in [5.74, 6) is 0.612. The van der Waals surface area contributed by atoms with Gasteiger partial charge in [0.2, 0.25) is 5.91 Å². The lowest BCUT2D eigenvalue weighted by Crippen LogP contribution is -2.59. The van der Waals surface area contributed by atoms with E-state index >= 15 is 0 Å². The Morgan fingerprint density at radius 1 is 1.25 bits per heavy atom. The molecule has 1 aliphatic carbocycles. The number of aryl methyl sites for hydroxylation is 2. The number of piperidine rings is 1. The van der Waals surface area contributed by atoms with Crippen molar-refractivity contribution < 1.29 is 4.79 Å². The highest BCUT2D eigenvalue weighted by molar-refractivity contribution is 5.81. The van der Waals surface area contributed by atoms with E-state index in [1.54, 1.807) is 0 Å². The number of hydrogen-bond acceptors (Lipinski definition) is 4. The van der Waals surface area contributed by atoms with Gasteiger partial charge in [0.15, 0.2) is 0 Å². The van der Waals surface area contributed by atoms with Crippen molar-refractivity contribution >= 4 is 5.91 Å². The molecule has 2 N–H and O–H groups in total. The zero-order valence-corrected chi connectivity index (χ0v) is 16.9. The molecule has 0 radical (unpaired) electrons. The number of H-pyrrole nitrogens is 2. The molecule has 0 unspecified atom stereocenters. The van der Waals surface area contributed by atoms with E-state index in [4.69, 9.17) is 4.98 Å². The van der Waals surface area contributed by atoms with Gasteiger partial charge in [0.05, 0.1) is 23.3 Å². The predicted octanol–water partition coefficient (Wildman–Crippen LogP) is 2.43. The fourth-order valence-electron chi connectivity index (χ4n) is 5.29. The second-order valence-corrected chi connectivity index (χ2v) is 8.82. The Kier molecular flexibility index (Phi) is 4.30. The lowest BCUT2D eigenvalue weighted by molar-refractivity contribution is -0.149. The van der Waals surface area contributed by atoms with Gasteiger partial charge in [-0.3, -0.25) is 14.8 Å². The Balaban J connectivity index is 1.38. The molecule has 28 heavy (non-hydrogen) atoms. The first-order valence-electron chi connectivity index (χ1n) is 10.7. The van der Waals surface area contributed by atoms with Gasteiger partial charge in [-0.25, -0.2) is 4.98 Å². The minimum atomic E-state index is -0.225. The zero-order valence-electron chi connectivity index (χ0n) is 16.9. The van der Waals surface area contributed by atoms with Gasteiger partial charge < -0.3 is 9.88 Å². The highest BCUT2D eigenvalue weighted by Crippen LogP contribution is 2.44. The molecule has 2 aromatic heterocycles. The maximum atomic E-state index is 13.3. The first-order chi connectivity index (χ1) is 13.6. The van der Waals surface area contributed by atoms with Crippen LogP contribution in [0.15, 0.2) is 6.33 Å². The number of nitrogens with zero attached hydrogens (tertiary/aromatic N) is 4. The Labute approximate surface area is 165 Å². The van der Waals surface area contributed by atoms with Crippen molar-refractivity contribution in [3.8, 4) is 0 Å². The summed E-state index contributed by atoms with van der Waals surface area (Å²) in [6.07, 6.45) is 7.94. The van der Waals surface area contributed by atoms with Crippen LogP contribution in [-0.2, 0) is 23.3 Å². The van der Waals surface area contributed by atoms with Crippen molar-refractivity contribution in [3.63, 3.8) is 0 Å². The van der Waals surface area contributed by atoms with Gasteiger partial charge in [-0.05, 0) is 39.5 Å². The van der Waals surface area contributed by atoms with Gasteiger partial charge in [-0.2, -0.15) is 5.10 Å². The highest BCUT2D eigenvalue weighted by atomic mass is 16.2. The number of nitrogens with one attached hydrogen (secondary N) is 2. The number of aromatic nitrogens is 4. The molecule has 1 amide bonds. The quantitative estimate of drug-likeness (QED) is 0.854. The highest BCUT2D eigenvalue weighted by Gasteiger charge is 2.50. The molecular formula is C21H30N6O. The number of hydrogen-bond donors (Lipinski definition) is 2. The van der Waals surface area contributed by atoms with Crippen molar-refractivity contribution in [1.82, 2.24) is 30.0 Å². The van der Waals surface area contributed by atoms with Gasteiger partial charge in [0.25, 0.3) is 0 Å². The fourth-order valence-corrected chi connectivity index (χ4v) is 5.29. The van der Waals surface area contributed by atoms with Crippen LogP contribution in [0.4, 0.5) is 0 Å². The number of fused-ring (bicyclic) bond motifs is 2. The largest absolute Gasteiger partial charge is 0.348 e. The van der Waals surface area contributed by atoms with Crippen molar-refractivity contribution in [2.75, 3.05) is 19.6 Å². The number of likely N-dealkylation sites (tertiary alicyclic amines) is 1. The zero-order chi connectivity index (χ0) is 19.3. The van der Waals surface area contributed by atoms with E-state index in [0.29, 0.717) is 5.91 Å². The first-order valence-corrected chi connectivity index (χ1v) is 10.7. The molecule has 2 aromatic rings. The predicted molar refractivity (Wildman–Crippen MR) is 106 cm³/mol. The van der Waals surface area contributed by atoms with Crippen LogP contribution >= 0.6 is 0 Å². The van der Waals surface area contributed by atoms with Crippen LogP contribution in [0.2, 0.25) is 0 Å². The number of imidazole rings is 1. The van der Waals surface area contributed by atoms with Gasteiger partial charge >= 0.3 is 0 Å². The second kappa shape index (κ2) is 6.72. The normalized spacial score (nSPS) is 22.3. The Morgan fingerprint density at radius 2 is 2.04 bits per heavy atom. The van der Waals surface area contributed by atoms with Crippen LogP contribution in [0.5, 0.6) is 0 Å². The van der Waals surface area contributed by atoms with Crippen LogP contribution in [0, 0.1) is 19.8 Å². The minimum absolute atomic E-state index is 0.225. The summed E-state index contributed by atoms with van der Waals surface area (Å²) in [6.45, 7) is 7.87. The van der Waals surface area contributed by atoms with Crippen LogP contribution in [0.25, 0.3) is 0 Å². The average molecular weight is 383 g/mol. The molecule has 1 spiro atoms. The summed E-state index contributed by atoms with van der Waals surface area (Å²) >= 11 is 0. The monoisotopic (exact) mass is 382 g/mol. The number of carbonyl (C=O) groups excluding carboxylic acids is 1. The summed E-state index contributed by atoms with van der Waals surface area (Å²) in [7, 11) is 0. The standard InChI is InChI=1S/C21H30N6O/c1-14-17(15(2)25-24-14)12-26-10-7-21(8-11-26)19-18(22-13-23-19)6-9-27(21)20(28)16-4-3-5-16/h13,16H,3-12H2,1-2H3,(H,22,23)(H,24,25). The Bertz CT molecular complexity index is 852. The third-order valence-electron chi connectivity index (χ3n) is 7.33. The maximum absolute atomic E-state index is 13.3. The van der Waals surface area contributed by atoms with E-state index in [0.717, 1.165) is 75.4 Å². The topological polar surface area (TPSA) is 80.9 Å². The third-order valence-corrected chi connectivity index (χ3v) is 7.33. The second-order valence-electron chi connectivity index (χ2n) is 8.82. The van der Waals surface area contributed by atoms with Gasteiger partial charge in [-0.15, -0.1) is 0 Å². The third kappa shape index (κ3) is 2.70. The van der Waals surface area contributed by atoms with Gasteiger partial charge in [-0.1, -0.05) is 6.42 Å². The van der Waals surface area contributed by atoms with Crippen molar-refractivity contribution in [3.05, 3.63) is 34.7 Å². The molecule has 4 heterocycles. The Morgan fingerprint density at radius 3 is 2.68 bits per heavy atom. The van der Waals surface area contributed by atoms with E-state index in [1.165, 1.54) is 17.7 Å².